The van der Waals surface area contributed by atoms with Gasteiger partial charge in [-0.1, -0.05) is 0 Å². The molecule has 2 aromatic heterocycles. The number of aromatic nitrogens is 4. The topological polar surface area (TPSA) is 92.7 Å². The molecule has 106 valence electrons. The van der Waals surface area contributed by atoms with E-state index in [-0.39, 0.29) is 17.2 Å². The normalized spacial score (nSPS) is 10.5. The smallest absolute Gasteiger partial charge is 0.271 e. The molecule has 0 aromatic carbocycles. The summed E-state index contributed by atoms with van der Waals surface area (Å²) in [6.07, 6.45) is 0.775. The van der Waals surface area contributed by atoms with E-state index in [9.17, 15) is 9.59 Å². The van der Waals surface area contributed by atoms with Gasteiger partial charge in [0.05, 0.1) is 5.69 Å². The van der Waals surface area contributed by atoms with Crippen molar-refractivity contribution in [2.75, 3.05) is 6.54 Å². The van der Waals surface area contributed by atoms with Gasteiger partial charge in [0.25, 0.3) is 11.5 Å². The lowest BCUT2D eigenvalue weighted by Gasteiger charge is -2.06. The molecule has 2 aromatic rings. The Morgan fingerprint density at radius 3 is 2.80 bits per heavy atom. The van der Waals surface area contributed by atoms with Crippen LogP contribution in [0.3, 0.4) is 0 Å². The first-order valence-corrected chi connectivity index (χ1v) is 6.41. The molecule has 0 atom stereocenters. The molecule has 7 heteroatoms. The van der Waals surface area contributed by atoms with Crippen molar-refractivity contribution in [2.24, 2.45) is 0 Å². The molecule has 0 aliphatic rings. The van der Waals surface area contributed by atoms with Crippen LogP contribution in [0.4, 0.5) is 0 Å². The molecule has 2 heterocycles. The molecular weight excluding hydrogens is 258 g/mol. The average molecular weight is 275 g/mol. The number of amides is 1. The Balaban J connectivity index is 1.78. The lowest BCUT2D eigenvalue weighted by atomic mass is 10.3. The summed E-state index contributed by atoms with van der Waals surface area (Å²) < 4.78 is 1.92. The summed E-state index contributed by atoms with van der Waals surface area (Å²) in [5, 5.41) is 13.0. The predicted octanol–water partition coefficient (Wildman–Crippen LogP) is 0.403. The summed E-state index contributed by atoms with van der Waals surface area (Å²) in [7, 11) is 0. The highest BCUT2D eigenvalue weighted by atomic mass is 16.2. The highest BCUT2D eigenvalue weighted by Crippen LogP contribution is 2.02. The largest absolute Gasteiger partial charge is 0.351 e. The van der Waals surface area contributed by atoms with Gasteiger partial charge in [0.15, 0.2) is 0 Å². The van der Waals surface area contributed by atoms with E-state index >= 15 is 0 Å². The standard InChI is InChI=1S/C13H17N5O2/c1-9-8-10(2)18(17-9)7-3-6-14-13(20)11-4-5-12(19)16-15-11/h4-5,8H,3,6-7H2,1-2H3,(H,14,20)(H,16,19). The number of carbonyl (C=O) groups excluding carboxylic acids is 1. The van der Waals surface area contributed by atoms with Crippen molar-refractivity contribution in [3.63, 3.8) is 0 Å². The number of rotatable bonds is 5. The molecule has 0 fully saturated rings. The molecule has 2 N–H and O–H groups in total. The van der Waals surface area contributed by atoms with Gasteiger partial charge in [-0.3, -0.25) is 14.3 Å². The molecule has 0 saturated carbocycles. The Bertz CT molecular complexity index is 639. The number of carbonyl (C=O) groups is 1. The lowest BCUT2D eigenvalue weighted by molar-refractivity contribution is 0.0946. The summed E-state index contributed by atoms with van der Waals surface area (Å²) >= 11 is 0. The first-order chi connectivity index (χ1) is 9.56. The molecule has 0 bridgehead atoms. The number of hydrogen-bond donors (Lipinski definition) is 2. The molecule has 0 aliphatic carbocycles. The maximum Gasteiger partial charge on any atom is 0.271 e. The van der Waals surface area contributed by atoms with Gasteiger partial charge in [0.1, 0.15) is 5.69 Å². The third kappa shape index (κ3) is 3.53. The molecular formula is C13H17N5O2. The van der Waals surface area contributed by atoms with Gasteiger partial charge < -0.3 is 5.32 Å². The van der Waals surface area contributed by atoms with Crippen LogP contribution < -0.4 is 10.9 Å². The number of hydrogen-bond acceptors (Lipinski definition) is 4. The molecule has 20 heavy (non-hydrogen) atoms. The summed E-state index contributed by atoms with van der Waals surface area (Å²) in [6, 6.07) is 4.69. The molecule has 0 saturated heterocycles. The summed E-state index contributed by atoms with van der Waals surface area (Å²) in [5.41, 5.74) is 1.97. The van der Waals surface area contributed by atoms with E-state index < -0.39 is 0 Å². The van der Waals surface area contributed by atoms with Crippen LogP contribution in [0.15, 0.2) is 23.0 Å². The molecule has 0 unspecified atom stereocenters. The van der Waals surface area contributed by atoms with Gasteiger partial charge in [-0.05, 0) is 32.4 Å². The minimum Gasteiger partial charge on any atom is -0.351 e. The second-order valence-corrected chi connectivity index (χ2v) is 4.57. The van der Waals surface area contributed by atoms with Crippen molar-refractivity contribution in [1.29, 1.82) is 0 Å². The number of nitrogens with one attached hydrogen (secondary N) is 2. The van der Waals surface area contributed by atoms with Crippen LogP contribution >= 0.6 is 0 Å². The van der Waals surface area contributed by atoms with E-state index in [0.29, 0.717) is 6.54 Å². The van der Waals surface area contributed by atoms with E-state index in [4.69, 9.17) is 0 Å². The summed E-state index contributed by atoms with van der Waals surface area (Å²) in [6.45, 7) is 5.23. The van der Waals surface area contributed by atoms with Gasteiger partial charge in [-0.15, -0.1) is 0 Å². The fourth-order valence-corrected chi connectivity index (χ4v) is 1.89. The van der Waals surface area contributed by atoms with Gasteiger partial charge in [-0.25, -0.2) is 5.10 Å². The van der Waals surface area contributed by atoms with Crippen molar-refractivity contribution in [3.8, 4) is 0 Å². The van der Waals surface area contributed by atoms with Crippen LogP contribution in [0.2, 0.25) is 0 Å². The van der Waals surface area contributed by atoms with E-state index in [2.05, 4.69) is 20.6 Å². The van der Waals surface area contributed by atoms with Crippen LogP contribution in [0, 0.1) is 13.8 Å². The fourth-order valence-electron chi connectivity index (χ4n) is 1.89. The molecule has 0 spiro atoms. The molecule has 2 rings (SSSR count). The number of H-pyrrole nitrogens is 1. The Labute approximate surface area is 116 Å². The average Bonchev–Trinajstić information content (AvgIpc) is 2.73. The third-order valence-corrected chi connectivity index (χ3v) is 2.85. The first-order valence-electron chi connectivity index (χ1n) is 6.41. The van der Waals surface area contributed by atoms with Crippen molar-refractivity contribution in [3.05, 3.63) is 45.6 Å². The number of aromatic amines is 1. The van der Waals surface area contributed by atoms with E-state index in [1.807, 2.05) is 24.6 Å². The van der Waals surface area contributed by atoms with Crippen LogP contribution in [0.25, 0.3) is 0 Å². The van der Waals surface area contributed by atoms with Crippen LogP contribution in [0.1, 0.15) is 28.3 Å². The van der Waals surface area contributed by atoms with Crippen molar-refractivity contribution in [2.45, 2.75) is 26.8 Å². The lowest BCUT2D eigenvalue weighted by Crippen LogP contribution is -2.27. The SMILES string of the molecule is Cc1cc(C)n(CCCNC(=O)c2ccc(=O)[nH]n2)n1. The maximum atomic E-state index is 11.7. The first kappa shape index (κ1) is 14.0. The Kier molecular flexibility index (Phi) is 4.29. The van der Waals surface area contributed by atoms with E-state index in [0.717, 1.165) is 24.4 Å². The van der Waals surface area contributed by atoms with Gasteiger partial charge in [-0.2, -0.15) is 10.2 Å². The molecule has 1 amide bonds. The minimum atomic E-state index is -0.328. The minimum absolute atomic E-state index is 0.204. The fraction of sp³-hybridized carbons (Fsp3) is 0.385. The predicted molar refractivity (Wildman–Crippen MR) is 73.5 cm³/mol. The molecule has 0 radical (unpaired) electrons. The van der Waals surface area contributed by atoms with Gasteiger partial charge in [0.2, 0.25) is 0 Å². The maximum absolute atomic E-state index is 11.7. The number of nitrogens with zero attached hydrogens (tertiary/aromatic N) is 3. The Hall–Kier alpha value is -2.44. The van der Waals surface area contributed by atoms with Crippen LogP contribution in [-0.2, 0) is 6.54 Å². The quantitative estimate of drug-likeness (QED) is 0.773. The number of aryl methyl sites for hydroxylation is 3. The summed E-state index contributed by atoms with van der Waals surface area (Å²) in [5.74, 6) is -0.297. The zero-order valence-electron chi connectivity index (χ0n) is 11.5. The van der Waals surface area contributed by atoms with Gasteiger partial charge >= 0.3 is 0 Å². The van der Waals surface area contributed by atoms with Crippen molar-refractivity contribution in [1.82, 2.24) is 25.3 Å². The van der Waals surface area contributed by atoms with Crippen molar-refractivity contribution >= 4 is 5.91 Å². The van der Waals surface area contributed by atoms with Crippen LogP contribution in [-0.4, -0.2) is 32.4 Å². The Morgan fingerprint density at radius 2 is 2.20 bits per heavy atom. The Morgan fingerprint density at radius 1 is 1.40 bits per heavy atom. The third-order valence-electron chi connectivity index (χ3n) is 2.85. The van der Waals surface area contributed by atoms with Crippen LogP contribution in [0.5, 0.6) is 0 Å². The monoisotopic (exact) mass is 275 g/mol. The van der Waals surface area contributed by atoms with E-state index in [1.165, 1.54) is 12.1 Å². The second kappa shape index (κ2) is 6.14. The zero-order chi connectivity index (χ0) is 14.5. The van der Waals surface area contributed by atoms with Crippen molar-refractivity contribution < 1.29 is 4.79 Å². The summed E-state index contributed by atoms with van der Waals surface area (Å²) in [4.78, 5) is 22.6. The highest BCUT2D eigenvalue weighted by Gasteiger charge is 2.06. The molecule has 0 aliphatic heterocycles. The highest BCUT2D eigenvalue weighted by molar-refractivity contribution is 5.91. The second-order valence-electron chi connectivity index (χ2n) is 4.57. The van der Waals surface area contributed by atoms with E-state index in [1.54, 1.807) is 0 Å². The zero-order valence-corrected chi connectivity index (χ0v) is 11.5. The molecule has 7 nitrogen and oxygen atoms in total. The van der Waals surface area contributed by atoms with Gasteiger partial charge in [0, 0.05) is 24.8 Å².